The topological polar surface area (TPSA) is 185 Å². The second-order valence-electron chi connectivity index (χ2n) is 5.48. The molecule has 13 nitrogen and oxygen atoms in total. The van der Waals surface area contributed by atoms with Crippen molar-refractivity contribution in [1.29, 1.82) is 0 Å². The van der Waals surface area contributed by atoms with E-state index in [0.717, 1.165) is 0 Å². The van der Waals surface area contributed by atoms with E-state index in [1.165, 1.54) is 0 Å². The van der Waals surface area contributed by atoms with E-state index in [2.05, 4.69) is 20.8 Å². The minimum Gasteiger partial charge on any atom is -0.377 e. The van der Waals surface area contributed by atoms with Gasteiger partial charge in [-0.25, -0.2) is 5.90 Å². The number of hydrogen-bond acceptors (Lipinski definition) is 10. The van der Waals surface area contributed by atoms with E-state index in [1.807, 2.05) is 0 Å². The van der Waals surface area contributed by atoms with Crippen molar-refractivity contribution >= 4 is 17.7 Å². The molecule has 0 saturated heterocycles. The van der Waals surface area contributed by atoms with Crippen LogP contribution >= 0.6 is 0 Å². The van der Waals surface area contributed by atoms with Gasteiger partial charge in [0.15, 0.2) is 0 Å². The molecule has 0 aliphatic carbocycles. The lowest BCUT2D eigenvalue weighted by molar-refractivity contribution is -0.127. The molecule has 0 unspecified atom stereocenters. The van der Waals surface area contributed by atoms with Crippen molar-refractivity contribution < 1.29 is 38.2 Å². The molecule has 0 atom stereocenters. The predicted octanol–water partition coefficient (Wildman–Crippen LogP) is -3.75. The molecule has 0 aliphatic heterocycles. The number of nitrogens with two attached hydrogens (primary N) is 2. The molecule has 0 aromatic carbocycles. The Bertz CT molecular complexity index is 442. The van der Waals surface area contributed by atoms with Gasteiger partial charge in [-0.2, -0.15) is 0 Å². The second kappa shape index (κ2) is 20.9. The van der Waals surface area contributed by atoms with E-state index in [1.54, 1.807) is 0 Å². The van der Waals surface area contributed by atoms with E-state index in [4.69, 9.17) is 30.6 Å². The Labute approximate surface area is 170 Å². The van der Waals surface area contributed by atoms with Crippen molar-refractivity contribution in [3.8, 4) is 0 Å². The number of hydrogen-bond donors (Lipinski definition) is 5. The van der Waals surface area contributed by atoms with Crippen LogP contribution in [0.2, 0.25) is 0 Å². The Morgan fingerprint density at radius 1 is 0.586 bits per heavy atom. The molecule has 13 heteroatoms. The van der Waals surface area contributed by atoms with Gasteiger partial charge in [0, 0.05) is 26.2 Å². The van der Waals surface area contributed by atoms with Crippen LogP contribution in [0.15, 0.2) is 0 Å². The van der Waals surface area contributed by atoms with Crippen molar-refractivity contribution in [1.82, 2.24) is 16.0 Å². The maximum atomic E-state index is 11.5. The van der Waals surface area contributed by atoms with Gasteiger partial charge in [0.25, 0.3) is 0 Å². The van der Waals surface area contributed by atoms with Gasteiger partial charge < -0.3 is 40.6 Å². The lowest BCUT2D eigenvalue weighted by Gasteiger charge is -2.08. The molecule has 0 rings (SSSR count). The molecule has 0 spiro atoms. The Morgan fingerprint density at radius 2 is 1.00 bits per heavy atom. The number of carbonyl (C=O) groups excluding carboxylic acids is 3. The molecule has 0 aromatic heterocycles. The largest absolute Gasteiger partial charge is 0.377 e. The van der Waals surface area contributed by atoms with Gasteiger partial charge in [-0.15, -0.1) is 0 Å². The number of ether oxygens (including phenoxy) is 4. The molecule has 170 valence electrons. The molecule has 0 heterocycles. The summed E-state index contributed by atoms with van der Waals surface area (Å²) >= 11 is 0. The molecule has 0 radical (unpaired) electrons. The SMILES string of the molecule is NCCNC(=O)COCCOCCNC(=O)COCCOCCNC(=O)CON. The van der Waals surface area contributed by atoms with Crippen LogP contribution in [0.5, 0.6) is 0 Å². The molecule has 0 fully saturated rings. The average Bonchev–Trinajstić information content (AvgIpc) is 2.70. The molecule has 0 aliphatic rings. The van der Waals surface area contributed by atoms with Crippen LogP contribution in [0.4, 0.5) is 0 Å². The number of rotatable bonds is 20. The Balaban J connectivity index is 3.28. The van der Waals surface area contributed by atoms with Crippen LogP contribution in [0.25, 0.3) is 0 Å². The third-order valence-electron chi connectivity index (χ3n) is 3.03. The standard InChI is InChI=1S/C16H33N5O8/c17-1-2-19-14(22)11-27-9-7-25-5-3-20-15(23)12-28-10-8-26-6-4-21-16(24)13-29-18/h1-13,17-18H2,(H,19,22)(H,20,23)(H,21,24). The fourth-order valence-electron chi connectivity index (χ4n) is 1.74. The number of nitrogens with one attached hydrogen (secondary N) is 3. The third kappa shape index (κ3) is 20.7. The van der Waals surface area contributed by atoms with Crippen LogP contribution in [0.3, 0.4) is 0 Å². The zero-order valence-electron chi connectivity index (χ0n) is 16.6. The summed E-state index contributed by atoms with van der Waals surface area (Å²) in [5, 5.41) is 7.75. The minimum atomic E-state index is -0.328. The first kappa shape index (κ1) is 27.1. The van der Waals surface area contributed by atoms with E-state index < -0.39 is 0 Å². The molecular formula is C16H33N5O8. The lowest BCUT2D eigenvalue weighted by Crippen LogP contribution is -2.33. The molecule has 3 amide bonds. The average molecular weight is 423 g/mol. The number of carbonyl (C=O) groups is 3. The second-order valence-corrected chi connectivity index (χ2v) is 5.48. The summed E-state index contributed by atoms with van der Waals surface area (Å²) in [5.74, 6) is 3.93. The van der Waals surface area contributed by atoms with Gasteiger partial charge >= 0.3 is 0 Å². The Hall–Kier alpha value is -1.87. The van der Waals surface area contributed by atoms with Crippen molar-refractivity contribution in [2.45, 2.75) is 0 Å². The summed E-state index contributed by atoms with van der Waals surface area (Å²) in [5.41, 5.74) is 5.26. The third-order valence-corrected chi connectivity index (χ3v) is 3.03. The zero-order chi connectivity index (χ0) is 21.6. The zero-order valence-corrected chi connectivity index (χ0v) is 16.6. The van der Waals surface area contributed by atoms with E-state index >= 15 is 0 Å². The smallest absolute Gasteiger partial charge is 0.248 e. The van der Waals surface area contributed by atoms with Gasteiger partial charge in [-0.3, -0.25) is 19.2 Å². The first-order valence-corrected chi connectivity index (χ1v) is 9.23. The molecule has 7 N–H and O–H groups in total. The van der Waals surface area contributed by atoms with E-state index in [-0.39, 0.29) is 50.8 Å². The highest BCUT2D eigenvalue weighted by atomic mass is 16.6. The van der Waals surface area contributed by atoms with Crippen molar-refractivity contribution in [3.05, 3.63) is 0 Å². The number of amides is 3. The van der Waals surface area contributed by atoms with Crippen LogP contribution in [-0.2, 0) is 38.2 Å². The summed E-state index contributed by atoms with van der Waals surface area (Å²) in [6, 6.07) is 0. The highest BCUT2D eigenvalue weighted by Crippen LogP contribution is 1.82. The van der Waals surface area contributed by atoms with E-state index in [0.29, 0.717) is 52.6 Å². The summed E-state index contributed by atoms with van der Waals surface area (Å²) in [7, 11) is 0. The normalized spacial score (nSPS) is 10.6. The maximum Gasteiger partial charge on any atom is 0.248 e. The summed E-state index contributed by atoms with van der Waals surface area (Å²) < 4.78 is 20.7. The summed E-state index contributed by atoms with van der Waals surface area (Å²) in [6.45, 7) is 2.89. The van der Waals surface area contributed by atoms with Gasteiger partial charge in [0.2, 0.25) is 17.7 Å². The molecular weight excluding hydrogens is 390 g/mol. The van der Waals surface area contributed by atoms with Crippen molar-refractivity contribution in [2.24, 2.45) is 11.6 Å². The van der Waals surface area contributed by atoms with Gasteiger partial charge in [-0.05, 0) is 0 Å². The van der Waals surface area contributed by atoms with Crippen LogP contribution in [0.1, 0.15) is 0 Å². The van der Waals surface area contributed by atoms with Gasteiger partial charge in [0.1, 0.15) is 19.8 Å². The highest BCUT2D eigenvalue weighted by Gasteiger charge is 2.02. The minimum absolute atomic E-state index is 0.0426. The quantitative estimate of drug-likeness (QED) is 0.0962. The molecule has 0 bridgehead atoms. The summed E-state index contributed by atoms with van der Waals surface area (Å²) in [4.78, 5) is 37.9. The van der Waals surface area contributed by atoms with Gasteiger partial charge in [-0.1, -0.05) is 0 Å². The van der Waals surface area contributed by atoms with Crippen molar-refractivity contribution in [2.75, 3.05) is 85.6 Å². The monoisotopic (exact) mass is 423 g/mol. The van der Waals surface area contributed by atoms with E-state index in [9.17, 15) is 14.4 Å². The fraction of sp³-hybridized carbons (Fsp3) is 0.812. The predicted molar refractivity (Wildman–Crippen MR) is 101 cm³/mol. The van der Waals surface area contributed by atoms with Crippen LogP contribution in [-0.4, -0.2) is 103 Å². The summed E-state index contributed by atoms with van der Waals surface area (Å²) in [6.07, 6.45) is 0. The highest BCUT2D eigenvalue weighted by molar-refractivity contribution is 5.77. The first-order valence-electron chi connectivity index (χ1n) is 9.23. The Morgan fingerprint density at radius 3 is 1.45 bits per heavy atom. The fourth-order valence-corrected chi connectivity index (χ4v) is 1.74. The first-order chi connectivity index (χ1) is 14.1. The van der Waals surface area contributed by atoms with Crippen LogP contribution < -0.4 is 27.6 Å². The van der Waals surface area contributed by atoms with Crippen molar-refractivity contribution in [3.63, 3.8) is 0 Å². The maximum absolute atomic E-state index is 11.5. The van der Waals surface area contributed by atoms with Crippen LogP contribution in [0, 0.1) is 0 Å². The van der Waals surface area contributed by atoms with Gasteiger partial charge in [0.05, 0.1) is 39.6 Å². The molecule has 0 saturated carbocycles. The lowest BCUT2D eigenvalue weighted by atomic mass is 10.5. The molecule has 29 heavy (non-hydrogen) atoms. The molecule has 0 aromatic rings. The Kier molecular flexibility index (Phi) is 19.5.